The molecule has 2 unspecified atom stereocenters. The average Bonchev–Trinajstić information content (AvgIpc) is 1.79. The Hall–Kier alpha value is 0.287. The van der Waals surface area contributed by atoms with E-state index in [1.807, 2.05) is 6.92 Å². The van der Waals surface area contributed by atoms with Crippen LogP contribution in [-0.2, 0) is 13.2 Å². The molecule has 0 spiro atoms. The maximum absolute atomic E-state index is 10.6. The molecule has 0 amide bonds. The minimum Gasteiger partial charge on any atom is -0.391 e. The van der Waals surface area contributed by atoms with Crippen LogP contribution in [0.4, 0.5) is 0 Å². The van der Waals surface area contributed by atoms with E-state index in [2.05, 4.69) is 0 Å². The Balaban J connectivity index is 2.59. The third kappa shape index (κ3) is 3.89. The average molecular weight is 226 g/mol. The van der Waals surface area contributed by atoms with E-state index in [1.165, 1.54) is 0 Å². The number of phosphoric acid groups is 1. The lowest BCUT2D eigenvalue weighted by Gasteiger charge is -2.34. The molecule has 1 rings (SSSR count). The van der Waals surface area contributed by atoms with Crippen LogP contribution in [0.25, 0.3) is 0 Å². The van der Waals surface area contributed by atoms with Crippen LogP contribution >= 0.6 is 7.82 Å². The zero-order chi connectivity index (χ0) is 10.1. The maximum Gasteiger partial charge on any atom is 0.461 e. The molecule has 1 aliphatic heterocycles. The van der Waals surface area contributed by atoms with Gasteiger partial charge in [-0.3, -0.25) is 0 Å². The lowest BCUT2D eigenvalue weighted by molar-refractivity contribution is 0.126. The van der Waals surface area contributed by atoms with Crippen molar-refractivity contribution in [3.8, 4) is 0 Å². The largest absolute Gasteiger partial charge is 0.461 e. The predicted octanol–water partition coefficient (Wildman–Crippen LogP) is 1.37. The molecule has 0 aliphatic carbocycles. The van der Waals surface area contributed by atoms with E-state index in [0.717, 1.165) is 12.8 Å². The monoisotopic (exact) mass is 226 g/mol. The second kappa shape index (κ2) is 3.80. The predicted molar refractivity (Wildman–Crippen MR) is 49.3 cm³/mol. The van der Waals surface area contributed by atoms with Crippen molar-refractivity contribution >= 4 is 16.4 Å². The second-order valence-corrected chi connectivity index (χ2v) is 8.25. The lowest BCUT2D eigenvalue weighted by Crippen LogP contribution is -2.43. The normalized spacial score (nSPS) is 36.2. The van der Waals surface area contributed by atoms with Crippen LogP contribution in [0.3, 0.4) is 0 Å². The number of hydrogen-bond donors (Lipinski definition) is 2. The van der Waals surface area contributed by atoms with Crippen molar-refractivity contribution in [2.45, 2.75) is 38.5 Å². The minimum atomic E-state index is -4.39. The van der Waals surface area contributed by atoms with Gasteiger partial charge in [0.05, 0.1) is 0 Å². The quantitative estimate of drug-likeness (QED) is 0.549. The highest BCUT2D eigenvalue weighted by molar-refractivity contribution is 7.48. The van der Waals surface area contributed by atoms with Gasteiger partial charge < -0.3 is 18.4 Å². The van der Waals surface area contributed by atoms with Crippen molar-refractivity contribution in [2.75, 3.05) is 0 Å². The van der Waals surface area contributed by atoms with Gasteiger partial charge in [-0.15, -0.1) is 0 Å². The summed E-state index contributed by atoms with van der Waals surface area (Å²) in [4.78, 5) is 17.3. The van der Waals surface area contributed by atoms with E-state index in [9.17, 15) is 4.57 Å². The van der Waals surface area contributed by atoms with Crippen LogP contribution in [0.1, 0.15) is 19.8 Å². The lowest BCUT2D eigenvalue weighted by atomic mass is 10.2. The van der Waals surface area contributed by atoms with Crippen LogP contribution in [-0.4, -0.2) is 24.5 Å². The van der Waals surface area contributed by atoms with E-state index >= 15 is 0 Å². The first-order valence-electron chi connectivity index (χ1n) is 4.25. The third-order valence-electron chi connectivity index (χ3n) is 2.00. The molecule has 1 saturated heterocycles. The van der Waals surface area contributed by atoms with Gasteiger partial charge in [0.2, 0.25) is 0 Å². The molecule has 1 fully saturated rings. The van der Waals surface area contributed by atoms with Crippen molar-refractivity contribution < 1.29 is 23.0 Å². The molecule has 0 saturated carbocycles. The topological polar surface area (TPSA) is 76.0 Å². The molecule has 0 bridgehead atoms. The third-order valence-corrected chi connectivity index (χ3v) is 6.66. The van der Waals surface area contributed by atoms with Crippen LogP contribution in [0.2, 0.25) is 12.6 Å². The summed E-state index contributed by atoms with van der Waals surface area (Å²) in [7, 11) is -6.99. The first-order chi connectivity index (χ1) is 5.81. The summed E-state index contributed by atoms with van der Waals surface area (Å²) in [6.07, 6.45) is 1.91. The van der Waals surface area contributed by atoms with Crippen LogP contribution in [0.15, 0.2) is 0 Å². The fourth-order valence-electron chi connectivity index (χ4n) is 1.57. The van der Waals surface area contributed by atoms with Crippen LogP contribution < -0.4 is 0 Å². The van der Waals surface area contributed by atoms with Gasteiger partial charge in [-0.25, -0.2) is 4.57 Å². The molecular weight excluding hydrogens is 211 g/mol. The van der Waals surface area contributed by atoms with Crippen molar-refractivity contribution in [1.29, 1.82) is 0 Å². The van der Waals surface area contributed by atoms with E-state index in [-0.39, 0.29) is 6.10 Å². The molecule has 1 heterocycles. The number of hydrogen-bond acceptors (Lipinski definition) is 3. The zero-order valence-electron chi connectivity index (χ0n) is 7.77. The van der Waals surface area contributed by atoms with Gasteiger partial charge in [0.1, 0.15) is 0 Å². The molecule has 7 heteroatoms. The van der Waals surface area contributed by atoms with Gasteiger partial charge in [-0.05, 0) is 32.4 Å². The summed E-state index contributed by atoms with van der Waals surface area (Å²) in [6, 6.07) is 0.655. The number of rotatable bonds is 2. The molecule has 0 aromatic heterocycles. The summed E-state index contributed by atoms with van der Waals surface area (Å²) in [5, 5.41) is 0. The summed E-state index contributed by atoms with van der Waals surface area (Å²) < 4.78 is 20.8. The molecule has 13 heavy (non-hydrogen) atoms. The first-order valence-corrected chi connectivity index (χ1v) is 8.30. The van der Waals surface area contributed by atoms with Crippen molar-refractivity contribution in [1.82, 2.24) is 0 Å². The molecule has 1 aliphatic rings. The molecule has 5 nitrogen and oxygen atoms in total. The molecule has 2 atom stereocenters. The highest BCUT2D eigenvalue weighted by Crippen LogP contribution is 2.43. The molecule has 78 valence electrons. The first kappa shape index (κ1) is 11.4. The summed E-state index contributed by atoms with van der Waals surface area (Å²) in [6.45, 7) is 3.59. The highest BCUT2D eigenvalue weighted by Gasteiger charge is 2.41. The van der Waals surface area contributed by atoms with Crippen LogP contribution in [0, 0.1) is 0 Å². The van der Waals surface area contributed by atoms with E-state index in [4.69, 9.17) is 18.4 Å². The Morgan fingerprint density at radius 3 is 2.69 bits per heavy atom. The van der Waals surface area contributed by atoms with Gasteiger partial charge in [0.25, 0.3) is 0 Å². The van der Waals surface area contributed by atoms with E-state index < -0.39 is 16.4 Å². The molecule has 0 aromatic rings. The van der Waals surface area contributed by atoms with Gasteiger partial charge in [0, 0.05) is 6.10 Å². The standard InChI is InChI=1S/C6H15O5PSi/c1-6-4-3-5-13(2,10-6)11-12(7,8)9/h6H,3-5H2,1-2H3,(H2,7,8,9). The smallest absolute Gasteiger partial charge is 0.391 e. The van der Waals surface area contributed by atoms with Gasteiger partial charge >= 0.3 is 16.4 Å². The molecular formula is C6H15O5PSi. The summed E-state index contributed by atoms with van der Waals surface area (Å²) in [5.74, 6) is 0. The van der Waals surface area contributed by atoms with E-state index in [0.29, 0.717) is 6.04 Å². The molecule has 0 aromatic carbocycles. The Morgan fingerprint density at radius 2 is 2.23 bits per heavy atom. The molecule has 0 radical (unpaired) electrons. The van der Waals surface area contributed by atoms with Crippen molar-refractivity contribution in [3.05, 3.63) is 0 Å². The minimum absolute atomic E-state index is 0.0527. The van der Waals surface area contributed by atoms with Crippen molar-refractivity contribution in [2.24, 2.45) is 0 Å². The Labute approximate surface area is 78.6 Å². The fourth-order valence-corrected chi connectivity index (χ4v) is 6.06. The van der Waals surface area contributed by atoms with Gasteiger partial charge in [-0.2, -0.15) is 0 Å². The van der Waals surface area contributed by atoms with Gasteiger partial charge in [-0.1, -0.05) is 0 Å². The summed E-state index contributed by atoms with van der Waals surface area (Å²) in [5.41, 5.74) is 0. The second-order valence-electron chi connectivity index (χ2n) is 3.54. The Bertz CT molecular complexity index is 229. The Morgan fingerprint density at radius 1 is 1.62 bits per heavy atom. The van der Waals surface area contributed by atoms with Crippen molar-refractivity contribution in [3.63, 3.8) is 0 Å². The van der Waals surface area contributed by atoms with E-state index in [1.54, 1.807) is 6.55 Å². The van der Waals surface area contributed by atoms with Crippen LogP contribution in [0.5, 0.6) is 0 Å². The molecule has 2 N–H and O–H groups in total. The SMILES string of the molecule is CC1CCC[Si](C)(OP(=O)(O)O)O1. The summed E-state index contributed by atoms with van der Waals surface area (Å²) >= 11 is 0. The fraction of sp³-hybridized carbons (Fsp3) is 1.00. The maximum atomic E-state index is 10.6. The van der Waals surface area contributed by atoms with Gasteiger partial charge in [0.15, 0.2) is 0 Å². The Kier molecular flexibility index (Phi) is 3.32. The highest BCUT2D eigenvalue weighted by atomic mass is 31.2. The zero-order valence-corrected chi connectivity index (χ0v) is 9.66.